The molecule has 0 atom stereocenters. The van der Waals surface area contributed by atoms with Crippen molar-refractivity contribution in [1.82, 2.24) is 4.98 Å². The van der Waals surface area contributed by atoms with Crippen LogP contribution < -0.4 is 14.8 Å². The van der Waals surface area contributed by atoms with E-state index in [9.17, 15) is 9.59 Å². The van der Waals surface area contributed by atoms with E-state index in [0.717, 1.165) is 10.9 Å². The number of hydrogen-bond acceptors (Lipinski definition) is 5. The van der Waals surface area contributed by atoms with E-state index >= 15 is 0 Å². The third kappa shape index (κ3) is 4.43. The summed E-state index contributed by atoms with van der Waals surface area (Å²) in [6.45, 7) is 4.34. The van der Waals surface area contributed by atoms with Crippen molar-refractivity contribution in [2.45, 2.75) is 13.8 Å². The van der Waals surface area contributed by atoms with Crippen LogP contribution in [0.1, 0.15) is 24.2 Å². The Bertz CT molecular complexity index is 980. The first kappa shape index (κ1) is 19.3. The Morgan fingerprint density at radius 3 is 2.54 bits per heavy atom. The number of ether oxygens (including phenoxy) is 3. The van der Waals surface area contributed by atoms with Gasteiger partial charge < -0.3 is 24.5 Å². The topological polar surface area (TPSA) is 89.6 Å². The van der Waals surface area contributed by atoms with Crippen LogP contribution in [-0.2, 0) is 9.53 Å². The number of para-hydroxylation sites is 1. The Labute approximate surface area is 162 Å². The fraction of sp³-hybridized carbons (Fsp3) is 0.238. The van der Waals surface area contributed by atoms with Crippen LogP contribution in [0.3, 0.4) is 0 Å². The largest absolute Gasteiger partial charge is 0.490 e. The van der Waals surface area contributed by atoms with Gasteiger partial charge in [-0.2, -0.15) is 0 Å². The van der Waals surface area contributed by atoms with Gasteiger partial charge in [-0.1, -0.05) is 18.2 Å². The molecular weight excluding hydrogens is 360 g/mol. The van der Waals surface area contributed by atoms with E-state index in [1.54, 1.807) is 24.4 Å². The van der Waals surface area contributed by atoms with E-state index in [2.05, 4.69) is 10.3 Å². The van der Waals surface area contributed by atoms with Gasteiger partial charge in [-0.25, -0.2) is 4.79 Å². The number of aromatic amines is 1. The molecule has 7 heteroatoms. The summed E-state index contributed by atoms with van der Waals surface area (Å²) in [5.74, 6) is 0.139. The quantitative estimate of drug-likeness (QED) is 0.579. The number of H-pyrrole nitrogens is 1. The number of carbonyl (C=O) groups excluding carboxylic acids is 2. The van der Waals surface area contributed by atoms with Crippen LogP contribution in [0, 0.1) is 0 Å². The molecule has 0 fully saturated rings. The number of fused-ring (bicyclic) bond motifs is 1. The minimum atomic E-state index is -0.561. The minimum Gasteiger partial charge on any atom is -0.490 e. The molecule has 0 aliphatic carbocycles. The lowest BCUT2D eigenvalue weighted by atomic mass is 10.2. The van der Waals surface area contributed by atoms with Crippen molar-refractivity contribution in [3.63, 3.8) is 0 Å². The molecule has 0 unspecified atom stereocenters. The van der Waals surface area contributed by atoms with Gasteiger partial charge in [-0.15, -0.1) is 0 Å². The average Bonchev–Trinajstić information content (AvgIpc) is 3.13. The fourth-order valence-electron chi connectivity index (χ4n) is 2.78. The molecule has 0 radical (unpaired) electrons. The summed E-state index contributed by atoms with van der Waals surface area (Å²) < 4.78 is 16.2. The van der Waals surface area contributed by atoms with Gasteiger partial charge in [0.1, 0.15) is 0 Å². The van der Waals surface area contributed by atoms with Crippen LogP contribution in [0.15, 0.2) is 48.7 Å². The van der Waals surface area contributed by atoms with E-state index in [1.807, 2.05) is 38.1 Å². The van der Waals surface area contributed by atoms with Gasteiger partial charge in [-0.05, 0) is 32.0 Å². The predicted molar refractivity (Wildman–Crippen MR) is 106 cm³/mol. The monoisotopic (exact) mass is 382 g/mol. The summed E-state index contributed by atoms with van der Waals surface area (Å²) in [6, 6.07) is 12.5. The van der Waals surface area contributed by atoms with Gasteiger partial charge in [0.2, 0.25) is 0 Å². The Hall–Kier alpha value is -3.48. The molecule has 7 nitrogen and oxygen atoms in total. The molecule has 146 valence electrons. The van der Waals surface area contributed by atoms with Crippen molar-refractivity contribution in [3.8, 4) is 11.5 Å². The van der Waals surface area contributed by atoms with E-state index in [0.29, 0.717) is 36.0 Å². The van der Waals surface area contributed by atoms with Gasteiger partial charge >= 0.3 is 5.97 Å². The number of rotatable bonds is 8. The fourth-order valence-corrected chi connectivity index (χ4v) is 2.78. The summed E-state index contributed by atoms with van der Waals surface area (Å²) in [7, 11) is 0. The molecule has 1 amide bonds. The molecule has 2 N–H and O–H groups in total. The van der Waals surface area contributed by atoms with Crippen LogP contribution in [0.2, 0.25) is 0 Å². The molecule has 0 saturated carbocycles. The van der Waals surface area contributed by atoms with Gasteiger partial charge in [-0.3, -0.25) is 4.79 Å². The third-order valence-corrected chi connectivity index (χ3v) is 3.97. The number of carbonyl (C=O) groups is 2. The highest BCUT2D eigenvalue weighted by molar-refractivity contribution is 6.05. The summed E-state index contributed by atoms with van der Waals surface area (Å²) in [6.07, 6.45) is 1.58. The zero-order valence-corrected chi connectivity index (χ0v) is 15.8. The predicted octanol–water partition coefficient (Wildman–Crippen LogP) is 3.76. The summed E-state index contributed by atoms with van der Waals surface area (Å²) in [5, 5.41) is 3.44. The maximum atomic E-state index is 12.3. The van der Waals surface area contributed by atoms with Crippen molar-refractivity contribution < 1.29 is 23.8 Å². The van der Waals surface area contributed by atoms with Gasteiger partial charge in [0.25, 0.3) is 5.91 Å². The molecule has 0 bridgehead atoms. The van der Waals surface area contributed by atoms with Crippen LogP contribution in [0.5, 0.6) is 11.5 Å². The number of hydrogen-bond donors (Lipinski definition) is 2. The first-order chi connectivity index (χ1) is 13.6. The zero-order valence-electron chi connectivity index (χ0n) is 15.8. The van der Waals surface area contributed by atoms with Crippen molar-refractivity contribution in [2.24, 2.45) is 0 Å². The standard InChI is InChI=1S/C21H22N2O5/c1-3-26-18-10-9-14(11-19(18)27-4-2)23-20(24)13-28-21(25)16-12-22-17-8-6-5-7-15(16)17/h5-12,22H,3-4,13H2,1-2H3,(H,23,24). The molecule has 1 heterocycles. The lowest BCUT2D eigenvalue weighted by molar-refractivity contribution is -0.119. The molecule has 0 saturated heterocycles. The van der Waals surface area contributed by atoms with E-state index in [1.165, 1.54) is 0 Å². The average molecular weight is 382 g/mol. The van der Waals surface area contributed by atoms with E-state index in [-0.39, 0.29) is 0 Å². The number of amides is 1. The Morgan fingerprint density at radius 1 is 1.00 bits per heavy atom. The second-order valence-electron chi connectivity index (χ2n) is 5.90. The van der Waals surface area contributed by atoms with Crippen LogP contribution in [0.25, 0.3) is 10.9 Å². The number of nitrogens with one attached hydrogen (secondary N) is 2. The molecule has 1 aromatic heterocycles. The normalized spacial score (nSPS) is 10.5. The van der Waals surface area contributed by atoms with Gasteiger partial charge in [0, 0.05) is 28.9 Å². The molecule has 2 aromatic carbocycles. The highest BCUT2D eigenvalue weighted by atomic mass is 16.5. The maximum absolute atomic E-state index is 12.3. The number of benzene rings is 2. The number of esters is 1. The lowest BCUT2D eigenvalue weighted by Gasteiger charge is -2.13. The molecule has 0 aliphatic rings. The Balaban J connectivity index is 1.61. The maximum Gasteiger partial charge on any atom is 0.340 e. The third-order valence-electron chi connectivity index (χ3n) is 3.97. The summed E-state index contributed by atoms with van der Waals surface area (Å²) in [4.78, 5) is 27.4. The highest BCUT2D eigenvalue weighted by Crippen LogP contribution is 2.30. The molecule has 28 heavy (non-hydrogen) atoms. The first-order valence-electron chi connectivity index (χ1n) is 9.05. The molecule has 0 aliphatic heterocycles. The van der Waals surface area contributed by atoms with E-state index < -0.39 is 18.5 Å². The highest BCUT2D eigenvalue weighted by Gasteiger charge is 2.15. The number of aromatic nitrogens is 1. The smallest absolute Gasteiger partial charge is 0.340 e. The second kappa shape index (κ2) is 8.94. The first-order valence-corrected chi connectivity index (χ1v) is 9.05. The Morgan fingerprint density at radius 2 is 1.75 bits per heavy atom. The lowest BCUT2D eigenvalue weighted by Crippen LogP contribution is -2.20. The number of anilines is 1. The Kier molecular flexibility index (Phi) is 6.16. The molecule has 3 aromatic rings. The van der Waals surface area contributed by atoms with Crippen LogP contribution in [0.4, 0.5) is 5.69 Å². The molecular formula is C21H22N2O5. The van der Waals surface area contributed by atoms with Crippen LogP contribution >= 0.6 is 0 Å². The van der Waals surface area contributed by atoms with E-state index in [4.69, 9.17) is 14.2 Å². The van der Waals surface area contributed by atoms with Crippen molar-refractivity contribution in [1.29, 1.82) is 0 Å². The van der Waals surface area contributed by atoms with Crippen molar-refractivity contribution in [3.05, 3.63) is 54.2 Å². The molecule has 0 spiro atoms. The van der Waals surface area contributed by atoms with Crippen molar-refractivity contribution in [2.75, 3.05) is 25.1 Å². The summed E-state index contributed by atoms with van der Waals surface area (Å²) >= 11 is 0. The second-order valence-corrected chi connectivity index (χ2v) is 5.90. The minimum absolute atomic E-state index is 0.392. The molecule has 3 rings (SSSR count). The zero-order chi connectivity index (χ0) is 19.9. The van der Waals surface area contributed by atoms with Crippen molar-refractivity contribution >= 4 is 28.5 Å². The van der Waals surface area contributed by atoms with Gasteiger partial charge in [0.15, 0.2) is 18.1 Å². The van der Waals surface area contributed by atoms with Crippen LogP contribution in [-0.4, -0.2) is 36.7 Å². The summed E-state index contributed by atoms with van der Waals surface area (Å²) in [5.41, 5.74) is 1.75. The van der Waals surface area contributed by atoms with Gasteiger partial charge in [0.05, 0.1) is 18.8 Å². The SMILES string of the molecule is CCOc1ccc(NC(=O)COC(=O)c2c[nH]c3ccccc23)cc1OCC.